The number of hydrogen-bond acceptors (Lipinski definition) is 2. The number of carbonyl (C=O) groups excluding carboxylic acids is 2. The Kier molecular flexibility index (Phi) is 5.10. The molecule has 2 amide bonds. The molecular weight excluding hydrogens is 264 g/mol. The highest BCUT2D eigenvalue weighted by Gasteiger charge is 2.05. The third kappa shape index (κ3) is 4.76. The van der Waals surface area contributed by atoms with Crippen molar-refractivity contribution in [2.45, 2.75) is 12.8 Å². The van der Waals surface area contributed by atoms with Gasteiger partial charge in [0, 0.05) is 12.7 Å². The van der Waals surface area contributed by atoms with E-state index in [9.17, 15) is 9.59 Å². The molecule has 0 saturated carbocycles. The van der Waals surface area contributed by atoms with E-state index < -0.39 is 0 Å². The quantitative estimate of drug-likeness (QED) is 0.883. The van der Waals surface area contributed by atoms with E-state index in [1.54, 1.807) is 19.2 Å². The van der Waals surface area contributed by atoms with Crippen LogP contribution in [0.4, 0.5) is 5.69 Å². The van der Waals surface area contributed by atoms with Crippen molar-refractivity contribution in [1.29, 1.82) is 0 Å². The summed E-state index contributed by atoms with van der Waals surface area (Å²) in [5.41, 5.74) is 2.62. The molecule has 0 atom stereocenters. The first-order valence-electron chi connectivity index (χ1n) is 6.80. The van der Waals surface area contributed by atoms with E-state index in [1.807, 2.05) is 42.5 Å². The van der Waals surface area contributed by atoms with Gasteiger partial charge in [-0.1, -0.05) is 42.5 Å². The van der Waals surface area contributed by atoms with E-state index in [4.69, 9.17) is 0 Å². The van der Waals surface area contributed by atoms with Crippen LogP contribution >= 0.6 is 0 Å². The third-order valence-corrected chi connectivity index (χ3v) is 3.09. The minimum absolute atomic E-state index is 0.0316. The lowest BCUT2D eigenvalue weighted by Gasteiger charge is -2.06. The summed E-state index contributed by atoms with van der Waals surface area (Å²) in [5, 5.41) is 5.42. The van der Waals surface area contributed by atoms with Crippen molar-refractivity contribution in [3.63, 3.8) is 0 Å². The van der Waals surface area contributed by atoms with Gasteiger partial charge in [0.2, 0.25) is 11.8 Å². The van der Waals surface area contributed by atoms with Gasteiger partial charge >= 0.3 is 0 Å². The van der Waals surface area contributed by atoms with Crippen molar-refractivity contribution < 1.29 is 9.59 Å². The average molecular weight is 282 g/mol. The Bertz CT molecular complexity index is 606. The number of amides is 2. The minimum Gasteiger partial charge on any atom is -0.359 e. The van der Waals surface area contributed by atoms with E-state index in [0.717, 1.165) is 16.8 Å². The highest BCUT2D eigenvalue weighted by molar-refractivity contribution is 5.92. The standard InChI is InChI=1S/C17H18N2O2/c1-18-16(20)11-14-7-9-15(10-8-14)19-17(21)12-13-5-3-2-4-6-13/h2-10H,11-12H2,1H3,(H,18,20)(H,19,21). The Labute approximate surface area is 124 Å². The fourth-order valence-electron chi connectivity index (χ4n) is 1.97. The topological polar surface area (TPSA) is 58.2 Å². The molecule has 0 aliphatic rings. The fourth-order valence-corrected chi connectivity index (χ4v) is 1.97. The summed E-state index contributed by atoms with van der Waals surface area (Å²) in [5.74, 6) is -0.0869. The van der Waals surface area contributed by atoms with Crippen LogP contribution in [0.2, 0.25) is 0 Å². The summed E-state index contributed by atoms with van der Waals surface area (Å²) in [6.07, 6.45) is 0.690. The fraction of sp³-hybridized carbons (Fsp3) is 0.176. The second-order valence-corrected chi connectivity index (χ2v) is 4.76. The van der Waals surface area contributed by atoms with Crippen LogP contribution in [0.3, 0.4) is 0 Å². The molecule has 0 heterocycles. The summed E-state index contributed by atoms with van der Waals surface area (Å²) < 4.78 is 0. The molecule has 2 rings (SSSR count). The molecular formula is C17H18N2O2. The lowest BCUT2D eigenvalue weighted by molar-refractivity contribution is -0.120. The summed E-state index contributed by atoms with van der Waals surface area (Å²) in [6, 6.07) is 16.9. The molecule has 0 aromatic heterocycles. The van der Waals surface area contributed by atoms with Gasteiger partial charge in [-0.2, -0.15) is 0 Å². The highest BCUT2D eigenvalue weighted by Crippen LogP contribution is 2.11. The molecule has 0 aliphatic carbocycles. The highest BCUT2D eigenvalue weighted by atomic mass is 16.2. The number of benzene rings is 2. The lowest BCUT2D eigenvalue weighted by atomic mass is 10.1. The Morgan fingerprint density at radius 1 is 0.810 bits per heavy atom. The largest absolute Gasteiger partial charge is 0.359 e. The SMILES string of the molecule is CNC(=O)Cc1ccc(NC(=O)Cc2ccccc2)cc1. The summed E-state index contributed by atoms with van der Waals surface area (Å²) >= 11 is 0. The lowest BCUT2D eigenvalue weighted by Crippen LogP contribution is -2.20. The van der Waals surface area contributed by atoms with E-state index in [1.165, 1.54) is 0 Å². The summed E-state index contributed by atoms with van der Waals surface area (Å²) in [4.78, 5) is 23.2. The second kappa shape index (κ2) is 7.24. The molecule has 0 unspecified atom stereocenters. The number of rotatable bonds is 5. The Morgan fingerprint density at radius 2 is 1.38 bits per heavy atom. The van der Waals surface area contributed by atoms with E-state index >= 15 is 0 Å². The number of hydrogen-bond donors (Lipinski definition) is 2. The molecule has 108 valence electrons. The summed E-state index contributed by atoms with van der Waals surface area (Å²) in [7, 11) is 1.61. The molecule has 0 spiro atoms. The van der Waals surface area contributed by atoms with Crippen molar-refractivity contribution >= 4 is 17.5 Å². The Balaban J connectivity index is 1.91. The van der Waals surface area contributed by atoms with Gasteiger partial charge < -0.3 is 10.6 Å². The first kappa shape index (κ1) is 14.8. The van der Waals surface area contributed by atoms with Crippen LogP contribution in [0.15, 0.2) is 54.6 Å². The third-order valence-electron chi connectivity index (χ3n) is 3.09. The predicted molar refractivity (Wildman–Crippen MR) is 83.0 cm³/mol. The first-order valence-corrected chi connectivity index (χ1v) is 6.80. The van der Waals surface area contributed by atoms with Gasteiger partial charge in [0.05, 0.1) is 12.8 Å². The van der Waals surface area contributed by atoms with Crippen LogP contribution in [0.25, 0.3) is 0 Å². The number of likely N-dealkylation sites (N-methyl/N-ethyl adjacent to an activating group) is 1. The molecule has 0 radical (unpaired) electrons. The maximum Gasteiger partial charge on any atom is 0.228 e. The van der Waals surface area contributed by atoms with Crippen LogP contribution in [0, 0.1) is 0 Å². The van der Waals surface area contributed by atoms with Crippen molar-refractivity contribution in [2.75, 3.05) is 12.4 Å². The predicted octanol–water partition coefficient (Wildman–Crippen LogP) is 2.16. The smallest absolute Gasteiger partial charge is 0.228 e. The van der Waals surface area contributed by atoms with E-state index in [-0.39, 0.29) is 11.8 Å². The van der Waals surface area contributed by atoms with Gasteiger partial charge in [0.25, 0.3) is 0 Å². The molecule has 0 fully saturated rings. The van der Waals surface area contributed by atoms with Gasteiger partial charge in [0.15, 0.2) is 0 Å². The van der Waals surface area contributed by atoms with Gasteiger partial charge in [-0.25, -0.2) is 0 Å². The van der Waals surface area contributed by atoms with Crippen molar-refractivity contribution in [3.05, 3.63) is 65.7 Å². The zero-order valence-corrected chi connectivity index (χ0v) is 11.9. The maximum atomic E-state index is 11.9. The van der Waals surface area contributed by atoms with Gasteiger partial charge in [-0.15, -0.1) is 0 Å². The number of anilines is 1. The van der Waals surface area contributed by atoms with Crippen molar-refractivity contribution in [2.24, 2.45) is 0 Å². The van der Waals surface area contributed by atoms with Gasteiger partial charge in [0.1, 0.15) is 0 Å². The molecule has 0 saturated heterocycles. The van der Waals surface area contributed by atoms with Crippen LogP contribution in [-0.4, -0.2) is 18.9 Å². The zero-order valence-electron chi connectivity index (χ0n) is 11.9. The van der Waals surface area contributed by atoms with Gasteiger partial charge in [-0.05, 0) is 23.3 Å². The van der Waals surface area contributed by atoms with Crippen LogP contribution < -0.4 is 10.6 Å². The van der Waals surface area contributed by atoms with E-state index in [2.05, 4.69) is 10.6 Å². The first-order chi connectivity index (χ1) is 10.2. The molecule has 0 aliphatic heterocycles. The Morgan fingerprint density at radius 3 is 2.00 bits per heavy atom. The average Bonchev–Trinajstić information content (AvgIpc) is 2.50. The minimum atomic E-state index is -0.0553. The van der Waals surface area contributed by atoms with Crippen molar-refractivity contribution in [1.82, 2.24) is 5.32 Å². The van der Waals surface area contributed by atoms with Crippen LogP contribution in [0.5, 0.6) is 0 Å². The molecule has 4 heteroatoms. The molecule has 0 bridgehead atoms. The number of carbonyl (C=O) groups is 2. The van der Waals surface area contributed by atoms with Crippen molar-refractivity contribution in [3.8, 4) is 0 Å². The normalized spacial score (nSPS) is 9.95. The van der Waals surface area contributed by atoms with E-state index in [0.29, 0.717) is 12.8 Å². The number of nitrogens with one attached hydrogen (secondary N) is 2. The molecule has 2 aromatic rings. The monoisotopic (exact) mass is 282 g/mol. The maximum absolute atomic E-state index is 11.9. The summed E-state index contributed by atoms with van der Waals surface area (Å²) in [6.45, 7) is 0. The Hall–Kier alpha value is -2.62. The van der Waals surface area contributed by atoms with Crippen LogP contribution in [-0.2, 0) is 22.4 Å². The van der Waals surface area contributed by atoms with Crippen LogP contribution in [0.1, 0.15) is 11.1 Å². The second-order valence-electron chi connectivity index (χ2n) is 4.76. The van der Waals surface area contributed by atoms with Gasteiger partial charge in [-0.3, -0.25) is 9.59 Å². The zero-order chi connectivity index (χ0) is 15.1. The molecule has 21 heavy (non-hydrogen) atoms. The molecule has 2 aromatic carbocycles. The molecule has 2 N–H and O–H groups in total. The molecule has 4 nitrogen and oxygen atoms in total.